The predicted molar refractivity (Wildman–Crippen MR) is 110 cm³/mol. The number of aryl methyl sites for hydroxylation is 1. The van der Waals surface area contributed by atoms with E-state index in [2.05, 4.69) is 11.7 Å². The summed E-state index contributed by atoms with van der Waals surface area (Å²) in [5.74, 6) is -1.26. The van der Waals surface area contributed by atoms with Crippen molar-refractivity contribution in [2.75, 3.05) is 12.4 Å². The van der Waals surface area contributed by atoms with Crippen molar-refractivity contribution in [3.63, 3.8) is 0 Å². The van der Waals surface area contributed by atoms with E-state index in [1.165, 1.54) is 11.8 Å². The maximum Gasteiger partial charge on any atom is 0.133 e. The van der Waals surface area contributed by atoms with Crippen LogP contribution in [0.4, 0.5) is 13.2 Å². The van der Waals surface area contributed by atoms with Crippen LogP contribution in [0.3, 0.4) is 0 Å². The van der Waals surface area contributed by atoms with Gasteiger partial charge in [0.05, 0.1) is 6.04 Å². The average Bonchev–Trinajstić information content (AvgIpc) is 3.01. The molecule has 0 aromatic heterocycles. The fourth-order valence-electron chi connectivity index (χ4n) is 3.05. The second kappa shape index (κ2) is 8.07. The number of rotatable bonds is 4. The van der Waals surface area contributed by atoms with Crippen molar-refractivity contribution >= 4 is 30.7 Å². The highest BCUT2D eigenvalue weighted by atomic mass is 32.2. The van der Waals surface area contributed by atoms with Gasteiger partial charge >= 0.3 is 0 Å². The molecule has 7 heteroatoms. The van der Waals surface area contributed by atoms with Crippen molar-refractivity contribution < 1.29 is 13.2 Å². The first kappa shape index (κ1) is 20.0. The smallest absolute Gasteiger partial charge is 0.133 e. The van der Waals surface area contributed by atoms with Crippen molar-refractivity contribution in [3.05, 3.63) is 76.7 Å². The second-order valence-electron chi connectivity index (χ2n) is 6.40. The molecule has 0 N–H and O–H groups in total. The Balaban J connectivity index is 2.05. The Labute approximate surface area is 163 Å². The van der Waals surface area contributed by atoms with E-state index in [0.29, 0.717) is 24.9 Å². The molecule has 0 spiro atoms. The molecule has 142 valence electrons. The third-order valence-electron chi connectivity index (χ3n) is 4.41. The highest BCUT2D eigenvalue weighted by Crippen LogP contribution is 2.39. The van der Waals surface area contributed by atoms with Gasteiger partial charge in [-0.2, -0.15) is 5.10 Å². The minimum Gasteiger partial charge on any atom is -0.262 e. The van der Waals surface area contributed by atoms with Crippen molar-refractivity contribution in [2.24, 2.45) is 5.10 Å². The molecule has 2 nitrogen and oxygen atoms in total. The first-order chi connectivity index (χ1) is 12.8. The predicted octanol–water partition coefficient (Wildman–Crippen LogP) is 5.33. The molecule has 2 aromatic carbocycles. The van der Waals surface area contributed by atoms with Gasteiger partial charge in [-0.3, -0.25) is 5.01 Å². The minimum atomic E-state index is -0.530. The van der Waals surface area contributed by atoms with Crippen LogP contribution in [0.15, 0.2) is 47.7 Å². The molecule has 0 amide bonds. The molecule has 0 saturated heterocycles. The van der Waals surface area contributed by atoms with Gasteiger partial charge in [0, 0.05) is 11.3 Å². The lowest BCUT2D eigenvalue weighted by Crippen LogP contribution is -2.24. The number of allylic oxidation sites excluding steroid dienone is 1. The molecule has 0 bridgehead atoms. The lowest BCUT2D eigenvalue weighted by atomic mass is 10.0. The zero-order valence-corrected chi connectivity index (χ0v) is 17.1. The number of hydrazone groups is 1. The Morgan fingerprint density at radius 1 is 1.22 bits per heavy atom. The summed E-state index contributed by atoms with van der Waals surface area (Å²) in [5, 5.41) is 7.70. The molecular formula is C20H20F3N2PS. The van der Waals surface area contributed by atoms with Gasteiger partial charge in [-0.15, -0.1) is 11.8 Å². The first-order valence-electron chi connectivity index (χ1n) is 8.38. The molecule has 2 atom stereocenters. The van der Waals surface area contributed by atoms with Gasteiger partial charge in [0.2, 0.25) is 0 Å². The van der Waals surface area contributed by atoms with Crippen LogP contribution in [0.1, 0.15) is 29.7 Å². The maximum absolute atomic E-state index is 14.2. The third kappa shape index (κ3) is 4.07. The van der Waals surface area contributed by atoms with Crippen LogP contribution in [0.25, 0.3) is 0 Å². The van der Waals surface area contributed by atoms with Gasteiger partial charge in [0.25, 0.3) is 0 Å². The van der Waals surface area contributed by atoms with Gasteiger partial charge in [-0.05, 0) is 67.0 Å². The summed E-state index contributed by atoms with van der Waals surface area (Å²) >= 11 is 1.24. The molecule has 1 heterocycles. The first-order valence-corrected chi connectivity index (χ1v) is 10.8. The van der Waals surface area contributed by atoms with E-state index < -0.39 is 11.6 Å². The number of fused-ring (bicyclic) bond motifs is 1. The van der Waals surface area contributed by atoms with Gasteiger partial charge in [-0.1, -0.05) is 21.2 Å². The van der Waals surface area contributed by atoms with Crippen LogP contribution in [0, 0.1) is 24.4 Å². The Kier molecular flexibility index (Phi) is 5.97. The summed E-state index contributed by atoms with van der Waals surface area (Å²) in [4.78, 5) is 0. The molecular weight excluding hydrogens is 388 g/mol. The second-order valence-corrected chi connectivity index (χ2v) is 8.49. The average molecular weight is 408 g/mol. The van der Waals surface area contributed by atoms with Crippen LogP contribution in [-0.4, -0.2) is 22.5 Å². The quantitative estimate of drug-likeness (QED) is 0.294. The summed E-state index contributed by atoms with van der Waals surface area (Å²) in [5.41, 5.74) is 2.39. The molecule has 1 aliphatic heterocycles. The SMILES string of the molecule is C=C(C)N(/N=C(\SC)c1cc(F)ccc1F)C1CPc2cc(F)c(C)cc21. The van der Waals surface area contributed by atoms with Crippen molar-refractivity contribution in [2.45, 2.75) is 19.9 Å². The zero-order chi connectivity index (χ0) is 19.7. The standard InChI is InChI=1S/C20H20F3N2PS/c1-11(2)25(18-10-26-19-9-17(23)12(3)7-15(18)19)24-20(27-4)14-8-13(21)5-6-16(14)22/h5-9,18,26H,1,10H2,2-4H3/b24-20-. The molecule has 0 fully saturated rings. The molecule has 0 radical (unpaired) electrons. The largest absolute Gasteiger partial charge is 0.262 e. The van der Waals surface area contributed by atoms with E-state index in [4.69, 9.17) is 0 Å². The van der Waals surface area contributed by atoms with E-state index in [9.17, 15) is 13.2 Å². The van der Waals surface area contributed by atoms with E-state index >= 15 is 0 Å². The summed E-state index contributed by atoms with van der Waals surface area (Å²) in [6, 6.07) is 6.66. The number of benzene rings is 2. The molecule has 1 aliphatic rings. The Hall–Kier alpha value is -1.78. The van der Waals surface area contributed by atoms with Crippen molar-refractivity contribution in [3.8, 4) is 0 Å². The van der Waals surface area contributed by atoms with E-state index in [-0.39, 0.29) is 17.4 Å². The molecule has 27 heavy (non-hydrogen) atoms. The number of hydrogen-bond donors (Lipinski definition) is 0. The fourth-order valence-corrected chi connectivity index (χ4v) is 5.08. The summed E-state index contributed by atoms with van der Waals surface area (Å²) in [7, 11) is 0.465. The Bertz CT molecular complexity index is 930. The Morgan fingerprint density at radius 2 is 1.96 bits per heavy atom. The molecule has 3 rings (SSSR count). The van der Waals surface area contributed by atoms with Gasteiger partial charge in [0.1, 0.15) is 22.5 Å². The van der Waals surface area contributed by atoms with Crippen LogP contribution >= 0.6 is 20.3 Å². The van der Waals surface area contributed by atoms with E-state index in [1.54, 1.807) is 24.3 Å². The van der Waals surface area contributed by atoms with Gasteiger partial charge in [0.15, 0.2) is 0 Å². The van der Waals surface area contributed by atoms with Gasteiger partial charge in [-0.25, -0.2) is 13.2 Å². The summed E-state index contributed by atoms with van der Waals surface area (Å²) in [6.07, 6.45) is 2.55. The molecule has 2 unspecified atom stereocenters. The highest BCUT2D eigenvalue weighted by molar-refractivity contribution is 8.13. The number of halogens is 3. The summed E-state index contributed by atoms with van der Waals surface area (Å²) < 4.78 is 41.7. The minimum absolute atomic E-state index is 0.103. The monoisotopic (exact) mass is 408 g/mol. The van der Waals surface area contributed by atoms with Crippen molar-refractivity contribution in [1.82, 2.24) is 5.01 Å². The maximum atomic E-state index is 14.2. The normalized spacial score (nSPS) is 17.3. The Morgan fingerprint density at radius 3 is 2.63 bits per heavy atom. The fraction of sp³-hybridized carbons (Fsp3) is 0.250. The lowest BCUT2D eigenvalue weighted by molar-refractivity contribution is 0.295. The number of nitrogens with zero attached hydrogens (tertiary/aromatic N) is 2. The van der Waals surface area contributed by atoms with Crippen LogP contribution in [0.2, 0.25) is 0 Å². The molecule has 2 aromatic rings. The van der Waals surface area contributed by atoms with E-state index in [0.717, 1.165) is 35.2 Å². The topological polar surface area (TPSA) is 15.6 Å². The van der Waals surface area contributed by atoms with Crippen LogP contribution in [-0.2, 0) is 0 Å². The third-order valence-corrected chi connectivity index (χ3v) is 6.51. The molecule has 0 aliphatic carbocycles. The number of thioether (sulfide) groups is 1. The lowest BCUT2D eigenvalue weighted by Gasteiger charge is -2.28. The number of hydrogen-bond acceptors (Lipinski definition) is 3. The van der Waals surface area contributed by atoms with E-state index in [1.807, 2.05) is 13.0 Å². The van der Waals surface area contributed by atoms with Crippen LogP contribution in [0.5, 0.6) is 0 Å². The van der Waals surface area contributed by atoms with Gasteiger partial charge < -0.3 is 0 Å². The zero-order valence-electron chi connectivity index (χ0n) is 15.3. The van der Waals surface area contributed by atoms with Crippen molar-refractivity contribution in [1.29, 1.82) is 0 Å². The van der Waals surface area contributed by atoms with Crippen LogP contribution < -0.4 is 5.30 Å². The molecule has 0 saturated carbocycles. The summed E-state index contributed by atoms with van der Waals surface area (Å²) in [6.45, 7) is 7.56. The highest BCUT2D eigenvalue weighted by Gasteiger charge is 2.30.